The molecule has 1 fully saturated rings. The van der Waals surface area contributed by atoms with Crippen LogP contribution in [-0.2, 0) is 0 Å². The molecular weight excluding hydrogens is 172 g/mol. The van der Waals surface area contributed by atoms with Crippen molar-refractivity contribution in [3.63, 3.8) is 0 Å². The highest BCUT2D eigenvalue weighted by molar-refractivity contribution is 4.79. The van der Waals surface area contributed by atoms with Crippen molar-refractivity contribution in [2.75, 3.05) is 26.7 Å². The van der Waals surface area contributed by atoms with Crippen molar-refractivity contribution >= 4 is 0 Å². The lowest BCUT2D eigenvalue weighted by Crippen LogP contribution is -2.41. The van der Waals surface area contributed by atoms with E-state index in [1.807, 2.05) is 0 Å². The minimum absolute atomic E-state index is 0.367. The summed E-state index contributed by atoms with van der Waals surface area (Å²) in [5.74, 6) is 0.921. The molecule has 1 aliphatic rings. The molecule has 1 heterocycles. The second-order valence-electron chi connectivity index (χ2n) is 5.24. The number of rotatable bonds is 5. The summed E-state index contributed by atoms with van der Waals surface area (Å²) in [7, 11) is 2.26. The SMILES string of the molecule is CCC(C)(C)N(C)CCC1CCNC1. The molecule has 0 aromatic carbocycles. The van der Waals surface area contributed by atoms with Gasteiger partial charge in [0, 0.05) is 5.54 Å². The highest BCUT2D eigenvalue weighted by Crippen LogP contribution is 2.19. The number of nitrogens with zero attached hydrogens (tertiary/aromatic N) is 1. The molecule has 0 aromatic rings. The van der Waals surface area contributed by atoms with Gasteiger partial charge in [0.2, 0.25) is 0 Å². The van der Waals surface area contributed by atoms with Crippen LogP contribution in [0.2, 0.25) is 0 Å². The number of hydrogen-bond donors (Lipinski definition) is 1. The van der Waals surface area contributed by atoms with Crippen LogP contribution in [0.15, 0.2) is 0 Å². The van der Waals surface area contributed by atoms with Crippen LogP contribution >= 0.6 is 0 Å². The molecule has 0 aliphatic carbocycles. The van der Waals surface area contributed by atoms with Crippen molar-refractivity contribution in [1.29, 1.82) is 0 Å². The van der Waals surface area contributed by atoms with E-state index in [0.29, 0.717) is 5.54 Å². The lowest BCUT2D eigenvalue weighted by molar-refractivity contribution is 0.142. The molecule has 0 spiro atoms. The Hall–Kier alpha value is -0.0800. The minimum Gasteiger partial charge on any atom is -0.316 e. The second-order valence-corrected chi connectivity index (χ2v) is 5.24. The summed E-state index contributed by atoms with van der Waals surface area (Å²) in [6.07, 6.45) is 3.96. The molecule has 84 valence electrons. The second kappa shape index (κ2) is 5.13. The van der Waals surface area contributed by atoms with Gasteiger partial charge < -0.3 is 10.2 Å². The van der Waals surface area contributed by atoms with E-state index in [1.165, 1.54) is 38.9 Å². The summed E-state index contributed by atoms with van der Waals surface area (Å²) in [4.78, 5) is 2.51. The maximum Gasteiger partial charge on any atom is 0.0147 e. The molecule has 14 heavy (non-hydrogen) atoms. The van der Waals surface area contributed by atoms with Crippen LogP contribution in [0.4, 0.5) is 0 Å². The van der Waals surface area contributed by atoms with Crippen molar-refractivity contribution < 1.29 is 0 Å². The highest BCUT2D eigenvalue weighted by Gasteiger charge is 2.22. The van der Waals surface area contributed by atoms with E-state index in [9.17, 15) is 0 Å². The first kappa shape index (κ1) is 12.0. The summed E-state index contributed by atoms with van der Waals surface area (Å²) in [5, 5.41) is 3.43. The van der Waals surface area contributed by atoms with Crippen LogP contribution in [0, 0.1) is 5.92 Å². The molecule has 1 N–H and O–H groups in total. The molecule has 0 saturated carbocycles. The van der Waals surface area contributed by atoms with Gasteiger partial charge in [-0.05, 0) is 65.7 Å². The monoisotopic (exact) mass is 198 g/mol. The van der Waals surface area contributed by atoms with E-state index in [4.69, 9.17) is 0 Å². The quantitative estimate of drug-likeness (QED) is 0.728. The molecule has 2 heteroatoms. The molecule has 1 rings (SSSR count). The summed E-state index contributed by atoms with van der Waals surface area (Å²) in [5.41, 5.74) is 0.367. The van der Waals surface area contributed by atoms with Crippen molar-refractivity contribution in [3.05, 3.63) is 0 Å². The van der Waals surface area contributed by atoms with E-state index in [0.717, 1.165) is 5.92 Å². The van der Waals surface area contributed by atoms with Gasteiger partial charge >= 0.3 is 0 Å². The summed E-state index contributed by atoms with van der Waals surface area (Å²) in [6, 6.07) is 0. The molecule has 0 amide bonds. The van der Waals surface area contributed by atoms with Gasteiger partial charge in [-0.2, -0.15) is 0 Å². The normalized spacial score (nSPS) is 23.4. The van der Waals surface area contributed by atoms with Gasteiger partial charge in [-0.1, -0.05) is 6.92 Å². The van der Waals surface area contributed by atoms with Gasteiger partial charge in [-0.15, -0.1) is 0 Å². The zero-order valence-electron chi connectivity index (χ0n) is 10.3. The molecule has 1 aliphatic heterocycles. The van der Waals surface area contributed by atoms with Crippen LogP contribution < -0.4 is 5.32 Å². The van der Waals surface area contributed by atoms with Crippen LogP contribution in [0.25, 0.3) is 0 Å². The first-order valence-corrected chi connectivity index (χ1v) is 5.98. The first-order chi connectivity index (χ1) is 6.56. The lowest BCUT2D eigenvalue weighted by atomic mass is 9.98. The molecule has 1 unspecified atom stereocenters. The molecule has 0 radical (unpaired) electrons. The van der Waals surface area contributed by atoms with Gasteiger partial charge in [-0.3, -0.25) is 0 Å². The van der Waals surface area contributed by atoms with Crippen LogP contribution in [-0.4, -0.2) is 37.1 Å². The first-order valence-electron chi connectivity index (χ1n) is 5.98. The Kier molecular flexibility index (Phi) is 4.39. The number of hydrogen-bond acceptors (Lipinski definition) is 2. The average Bonchev–Trinajstić information content (AvgIpc) is 2.66. The Morgan fingerprint density at radius 1 is 1.43 bits per heavy atom. The summed E-state index contributed by atoms with van der Waals surface area (Å²) >= 11 is 0. The fourth-order valence-electron chi connectivity index (χ4n) is 1.91. The maximum absolute atomic E-state index is 3.43. The largest absolute Gasteiger partial charge is 0.316 e. The van der Waals surface area contributed by atoms with Crippen LogP contribution in [0.1, 0.15) is 40.0 Å². The average molecular weight is 198 g/mol. The predicted octanol–water partition coefficient (Wildman–Crippen LogP) is 2.11. The van der Waals surface area contributed by atoms with Crippen LogP contribution in [0.5, 0.6) is 0 Å². The van der Waals surface area contributed by atoms with E-state index in [1.54, 1.807) is 0 Å². The Morgan fingerprint density at radius 2 is 2.14 bits per heavy atom. The van der Waals surface area contributed by atoms with Gasteiger partial charge in [-0.25, -0.2) is 0 Å². The minimum atomic E-state index is 0.367. The van der Waals surface area contributed by atoms with Gasteiger partial charge in [0.25, 0.3) is 0 Å². The Balaban J connectivity index is 2.22. The molecule has 2 nitrogen and oxygen atoms in total. The van der Waals surface area contributed by atoms with Gasteiger partial charge in [0.05, 0.1) is 0 Å². The zero-order valence-corrected chi connectivity index (χ0v) is 10.3. The van der Waals surface area contributed by atoms with Crippen LogP contribution in [0.3, 0.4) is 0 Å². The summed E-state index contributed by atoms with van der Waals surface area (Å²) in [6.45, 7) is 10.6. The Bertz CT molecular complexity index is 160. The van der Waals surface area contributed by atoms with E-state index in [-0.39, 0.29) is 0 Å². The predicted molar refractivity (Wildman–Crippen MR) is 62.6 cm³/mol. The fraction of sp³-hybridized carbons (Fsp3) is 1.00. The third kappa shape index (κ3) is 3.25. The smallest absolute Gasteiger partial charge is 0.0147 e. The number of nitrogens with one attached hydrogen (secondary N) is 1. The molecule has 1 saturated heterocycles. The third-order valence-corrected chi connectivity index (χ3v) is 3.93. The van der Waals surface area contributed by atoms with Crippen molar-refractivity contribution in [1.82, 2.24) is 10.2 Å². The molecule has 0 bridgehead atoms. The lowest BCUT2D eigenvalue weighted by Gasteiger charge is -2.35. The highest BCUT2D eigenvalue weighted by atomic mass is 15.2. The van der Waals surface area contributed by atoms with E-state index >= 15 is 0 Å². The molecule has 0 aromatic heterocycles. The zero-order chi connectivity index (χ0) is 10.6. The third-order valence-electron chi connectivity index (χ3n) is 3.93. The molecule has 1 atom stereocenters. The van der Waals surface area contributed by atoms with Gasteiger partial charge in [0.15, 0.2) is 0 Å². The fourth-order valence-corrected chi connectivity index (χ4v) is 1.91. The van der Waals surface area contributed by atoms with Gasteiger partial charge in [0.1, 0.15) is 0 Å². The molecular formula is C12H26N2. The Labute approximate surface area is 89.1 Å². The van der Waals surface area contributed by atoms with E-state index < -0.39 is 0 Å². The topological polar surface area (TPSA) is 15.3 Å². The van der Waals surface area contributed by atoms with Crippen molar-refractivity contribution in [2.45, 2.75) is 45.6 Å². The Morgan fingerprint density at radius 3 is 2.64 bits per heavy atom. The van der Waals surface area contributed by atoms with Crippen molar-refractivity contribution in [3.8, 4) is 0 Å². The van der Waals surface area contributed by atoms with Crippen molar-refractivity contribution in [2.24, 2.45) is 5.92 Å². The summed E-state index contributed by atoms with van der Waals surface area (Å²) < 4.78 is 0. The van der Waals surface area contributed by atoms with E-state index in [2.05, 4.69) is 38.0 Å². The standard InChI is InChI=1S/C12H26N2/c1-5-12(2,3)14(4)9-7-11-6-8-13-10-11/h11,13H,5-10H2,1-4H3. The maximum atomic E-state index is 3.43.